The molecule has 0 spiro atoms. The first-order valence-corrected chi connectivity index (χ1v) is 5.28. The van der Waals surface area contributed by atoms with Crippen LogP contribution < -0.4 is 16.6 Å². The van der Waals surface area contributed by atoms with Crippen LogP contribution in [0.3, 0.4) is 0 Å². The predicted molar refractivity (Wildman–Crippen MR) is 65.2 cm³/mol. The van der Waals surface area contributed by atoms with E-state index in [1.54, 1.807) is 6.92 Å². The number of hydrazine groups is 1. The summed E-state index contributed by atoms with van der Waals surface area (Å²) in [6, 6.07) is 8.98. The minimum atomic E-state index is -0.841. The third kappa shape index (κ3) is 3.29. The molecule has 1 aliphatic heterocycles. The van der Waals surface area contributed by atoms with E-state index >= 15 is 0 Å². The Morgan fingerprint density at radius 2 is 1.83 bits per heavy atom. The van der Waals surface area contributed by atoms with Gasteiger partial charge in [0, 0.05) is 12.2 Å². The fraction of sp³-hybridized carbons (Fsp3) is 0.182. The Morgan fingerprint density at radius 3 is 2.11 bits per heavy atom. The lowest BCUT2D eigenvalue weighted by Gasteiger charge is -2.04. The molecule has 0 atom stereocenters. The minimum Gasteiger partial charge on any atom is -0.324 e. The van der Waals surface area contributed by atoms with Gasteiger partial charge in [-0.05, 0) is 19.1 Å². The zero-order chi connectivity index (χ0) is 13.5. The third-order valence-electron chi connectivity index (χ3n) is 2.16. The molecule has 1 aromatic rings. The van der Waals surface area contributed by atoms with Crippen LogP contribution in [0.2, 0.25) is 0 Å². The molecule has 0 bridgehead atoms. The first-order chi connectivity index (χ1) is 8.60. The Hall–Kier alpha value is -2.41. The monoisotopic (exact) mass is 250 g/mol. The van der Waals surface area contributed by atoms with E-state index in [2.05, 4.69) is 5.43 Å². The van der Waals surface area contributed by atoms with Crippen LogP contribution in [0.5, 0.6) is 0 Å². The second-order valence-electron chi connectivity index (χ2n) is 3.32. The number of hydrogen-bond donors (Lipinski definition) is 3. The Balaban J connectivity index is 0.000000184. The van der Waals surface area contributed by atoms with E-state index in [9.17, 15) is 14.4 Å². The number of hydrogen-bond acceptors (Lipinski definition) is 5. The number of carbonyl (C=O) groups excluding carboxylic acids is 3. The van der Waals surface area contributed by atoms with E-state index in [1.165, 1.54) is 0 Å². The number of para-hydroxylation sites is 1. The van der Waals surface area contributed by atoms with Gasteiger partial charge in [0.2, 0.25) is 0 Å². The average molecular weight is 250 g/mol. The molecule has 0 unspecified atom stereocenters. The predicted octanol–water partition coefficient (Wildman–Crippen LogP) is 0.0569. The number of nitrogens with one attached hydrogen (secondary N) is 2. The standard InChI is InChI=1S/C6H8N2.C5H6N2O3/c7-8-6-4-2-1-3-5-6;1-2-7-4(9)3(8)6-5(7)10/h1-5,8H,7H2;2H2,1H3,(H,6,8,10). The van der Waals surface area contributed by atoms with E-state index < -0.39 is 17.8 Å². The molecule has 1 fully saturated rings. The van der Waals surface area contributed by atoms with E-state index in [4.69, 9.17) is 5.84 Å². The van der Waals surface area contributed by atoms with Gasteiger partial charge in [-0.15, -0.1) is 0 Å². The van der Waals surface area contributed by atoms with Crippen molar-refractivity contribution in [3.05, 3.63) is 30.3 Å². The van der Waals surface area contributed by atoms with Gasteiger partial charge >= 0.3 is 17.8 Å². The Labute approximate surface area is 104 Å². The molecule has 1 saturated heterocycles. The fourth-order valence-electron chi connectivity index (χ4n) is 1.25. The topological polar surface area (TPSA) is 105 Å². The van der Waals surface area contributed by atoms with Crippen LogP contribution in [0.25, 0.3) is 0 Å². The highest BCUT2D eigenvalue weighted by atomic mass is 16.2. The van der Waals surface area contributed by atoms with Gasteiger partial charge in [-0.2, -0.15) is 0 Å². The first kappa shape index (κ1) is 13.7. The van der Waals surface area contributed by atoms with Gasteiger partial charge in [-0.1, -0.05) is 18.2 Å². The van der Waals surface area contributed by atoms with Crippen molar-refractivity contribution in [3.63, 3.8) is 0 Å². The lowest BCUT2D eigenvalue weighted by molar-refractivity contribution is -0.140. The summed E-state index contributed by atoms with van der Waals surface area (Å²) in [4.78, 5) is 32.5. The molecule has 96 valence electrons. The quantitative estimate of drug-likeness (QED) is 0.298. The summed E-state index contributed by atoms with van der Waals surface area (Å²) in [7, 11) is 0. The van der Waals surface area contributed by atoms with Gasteiger partial charge in [0.15, 0.2) is 0 Å². The van der Waals surface area contributed by atoms with Crippen LogP contribution in [0.15, 0.2) is 30.3 Å². The van der Waals surface area contributed by atoms with Crippen LogP contribution in [-0.4, -0.2) is 29.3 Å². The number of carbonyl (C=O) groups is 3. The minimum absolute atomic E-state index is 0.233. The van der Waals surface area contributed by atoms with Crippen LogP contribution >= 0.6 is 0 Å². The molecule has 0 aromatic heterocycles. The highest BCUT2D eigenvalue weighted by Gasteiger charge is 2.35. The smallest absolute Gasteiger partial charge is 0.324 e. The summed E-state index contributed by atoms with van der Waals surface area (Å²) < 4.78 is 0. The molecule has 1 aliphatic rings. The number of nitrogens with zero attached hydrogens (tertiary/aromatic N) is 1. The summed E-state index contributed by atoms with van der Waals surface area (Å²) in [5.74, 6) is 3.49. The molecule has 18 heavy (non-hydrogen) atoms. The van der Waals surface area contributed by atoms with Crippen molar-refractivity contribution in [2.24, 2.45) is 5.84 Å². The highest BCUT2D eigenvalue weighted by Crippen LogP contribution is 2.00. The molecule has 7 heteroatoms. The molecule has 1 aromatic carbocycles. The Kier molecular flexibility index (Phi) is 4.82. The highest BCUT2D eigenvalue weighted by molar-refractivity contribution is 6.44. The van der Waals surface area contributed by atoms with Crippen molar-refractivity contribution in [1.82, 2.24) is 10.2 Å². The zero-order valence-corrected chi connectivity index (χ0v) is 9.84. The van der Waals surface area contributed by atoms with Crippen molar-refractivity contribution >= 4 is 23.5 Å². The summed E-state index contributed by atoms with van der Waals surface area (Å²) in [5.41, 5.74) is 3.46. The summed E-state index contributed by atoms with van der Waals surface area (Å²) in [6.45, 7) is 1.85. The van der Waals surface area contributed by atoms with E-state index in [0.717, 1.165) is 10.6 Å². The number of rotatable bonds is 2. The van der Waals surface area contributed by atoms with Gasteiger partial charge in [-0.25, -0.2) is 4.79 Å². The van der Waals surface area contributed by atoms with Gasteiger partial charge in [0.05, 0.1) is 0 Å². The number of amides is 4. The first-order valence-electron chi connectivity index (χ1n) is 5.28. The summed E-state index contributed by atoms with van der Waals surface area (Å²) >= 11 is 0. The molecule has 0 aliphatic carbocycles. The number of nitrogen functional groups attached to an aromatic ring is 1. The van der Waals surface area contributed by atoms with E-state index in [-0.39, 0.29) is 6.54 Å². The van der Waals surface area contributed by atoms with E-state index in [1.807, 2.05) is 35.6 Å². The number of urea groups is 1. The second-order valence-corrected chi connectivity index (χ2v) is 3.32. The number of benzene rings is 1. The van der Waals surface area contributed by atoms with Crippen molar-refractivity contribution < 1.29 is 14.4 Å². The van der Waals surface area contributed by atoms with Crippen molar-refractivity contribution in [2.75, 3.05) is 12.0 Å². The summed E-state index contributed by atoms with van der Waals surface area (Å²) in [5, 5.41) is 1.87. The van der Waals surface area contributed by atoms with Crippen LogP contribution in [0.1, 0.15) is 6.92 Å². The van der Waals surface area contributed by atoms with Gasteiger partial charge < -0.3 is 5.43 Å². The molecule has 0 saturated carbocycles. The van der Waals surface area contributed by atoms with Crippen molar-refractivity contribution in [1.29, 1.82) is 0 Å². The zero-order valence-electron chi connectivity index (χ0n) is 9.84. The SMILES string of the molecule is CCN1C(=O)NC(=O)C1=O.NNc1ccccc1. The molecule has 2 rings (SSSR count). The molecular formula is C11H14N4O3. The van der Waals surface area contributed by atoms with Crippen LogP contribution in [-0.2, 0) is 9.59 Å². The van der Waals surface area contributed by atoms with Gasteiger partial charge in [0.1, 0.15) is 0 Å². The van der Waals surface area contributed by atoms with E-state index in [0.29, 0.717) is 0 Å². The fourth-order valence-corrected chi connectivity index (χ4v) is 1.25. The maximum Gasteiger partial charge on any atom is 0.331 e. The van der Waals surface area contributed by atoms with Crippen LogP contribution in [0.4, 0.5) is 10.5 Å². The maximum absolute atomic E-state index is 10.6. The molecule has 4 amide bonds. The third-order valence-corrected chi connectivity index (χ3v) is 2.16. The number of likely N-dealkylation sites (N-methyl/N-ethyl adjacent to an activating group) is 1. The lowest BCUT2D eigenvalue weighted by Crippen LogP contribution is -2.30. The molecule has 7 nitrogen and oxygen atoms in total. The van der Waals surface area contributed by atoms with Gasteiger partial charge in [0.25, 0.3) is 0 Å². The largest absolute Gasteiger partial charge is 0.331 e. The second kappa shape index (κ2) is 6.36. The Bertz CT molecular complexity index is 447. The number of anilines is 1. The van der Waals surface area contributed by atoms with Crippen molar-refractivity contribution in [2.45, 2.75) is 6.92 Å². The van der Waals surface area contributed by atoms with Gasteiger partial charge in [-0.3, -0.25) is 25.6 Å². The Morgan fingerprint density at radius 1 is 1.22 bits per heavy atom. The maximum atomic E-state index is 10.6. The van der Waals surface area contributed by atoms with Crippen molar-refractivity contribution in [3.8, 4) is 0 Å². The molecular weight excluding hydrogens is 236 g/mol. The van der Waals surface area contributed by atoms with Crippen LogP contribution in [0, 0.1) is 0 Å². The molecule has 1 heterocycles. The average Bonchev–Trinajstić information content (AvgIpc) is 2.64. The molecule has 4 N–H and O–H groups in total. The summed E-state index contributed by atoms with van der Waals surface area (Å²) in [6.07, 6.45) is 0. The lowest BCUT2D eigenvalue weighted by atomic mass is 10.3. The molecule has 0 radical (unpaired) electrons. The number of imide groups is 2. The normalized spacial score (nSPS) is 13.9. The number of nitrogens with two attached hydrogens (primary N) is 1.